The van der Waals surface area contributed by atoms with E-state index in [0.717, 1.165) is 15.7 Å². The Hall–Kier alpha value is -1.86. The van der Waals surface area contributed by atoms with Gasteiger partial charge in [-0.15, -0.1) is 11.8 Å². The molecule has 1 atom stereocenters. The molecule has 2 aromatic carbocycles. The lowest BCUT2D eigenvalue weighted by molar-refractivity contribution is -0.384. The van der Waals surface area contributed by atoms with E-state index in [0.29, 0.717) is 5.75 Å². The van der Waals surface area contributed by atoms with Gasteiger partial charge in [-0.05, 0) is 29.8 Å². The summed E-state index contributed by atoms with van der Waals surface area (Å²) in [4.78, 5) is 24.4. The number of carbonyl (C=O) groups is 1. The Morgan fingerprint density at radius 3 is 2.64 bits per heavy atom. The quantitative estimate of drug-likeness (QED) is 0.594. The van der Waals surface area contributed by atoms with Crippen LogP contribution in [-0.4, -0.2) is 16.6 Å². The van der Waals surface area contributed by atoms with Gasteiger partial charge in [0.1, 0.15) is 5.37 Å². The van der Waals surface area contributed by atoms with E-state index in [4.69, 9.17) is 0 Å². The van der Waals surface area contributed by atoms with Crippen LogP contribution < -0.4 is 4.90 Å². The number of nitro groups is 1. The molecule has 0 spiro atoms. The first kappa shape index (κ1) is 15.1. The predicted octanol–water partition coefficient (Wildman–Crippen LogP) is 4.14. The molecule has 2 aromatic rings. The minimum Gasteiger partial charge on any atom is -0.295 e. The van der Waals surface area contributed by atoms with Crippen LogP contribution in [0.3, 0.4) is 0 Å². The minimum absolute atomic E-state index is 0.00354. The molecule has 0 saturated carbocycles. The Kier molecular flexibility index (Phi) is 4.17. The summed E-state index contributed by atoms with van der Waals surface area (Å²) in [5.74, 6) is 0.368. The van der Waals surface area contributed by atoms with Crippen LogP contribution in [0.4, 0.5) is 11.4 Å². The molecule has 0 N–H and O–H groups in total. The highest BCUT2D eigenvalue weighted by atomic mass is 79.9. The summed E-state index contributed by atoms with van der Waals surface area (Å²) < 4.78 is 0.933. The van der Waals surface area contributed by atoms with Crippen molar-refractivity contribution in [2.75, 3.05) is 10.7 Å². The monoisotopic (exact) mass is 378 g/mol. The molecule has 0 aliphatic carbocycles. The van der Waals surface area contributed by atoms with E-state index in [9.17, 15) is 14.9 Å². The molecular weight excluding hydrogens is 368 g/mol. The number of halogens is 1. The highest BCUT2D eigenvalue weighted by Crippen LogP contribution is 2.42. The summed E-state index contributed by atoms with van der Waals surface area (Å²) in [7, 11) is 0. The van der Waals surface area contributed by atoms with Crippen molar-refractivity contribution in [1.82, 2.24) is 0 Å². The normalized spacial score (nSPS) is 17.8. The molecule has 22 heavy (non-hydrogen) atoms. The molecule has 0 unspecified atom stereocenters. The number of carbonyl (C=O) groups excluding carboxylic acids is 1. The molecule has 1 amide bonds. The van der Waals surface area contributed by atoms with Crippen molar-refractivity contribution in [3.05, 3.63) is 68.7 Å². The van der Waals surface area contributed by atoms with Gasteiger partial charge >= 0.3 is 0 Å². The molecule has 0 bridgehead atoms. The summed E-state index contributed by atoms with van der Waals surface area (Å²) >= 11 is 4.84. The van der Waals surface area contributed by atoms with Gasteiger partial charge in [0.25, 0.3) is 5.69 Å². The van der Waals surface area contributed by atoms with E-state index >= 15 is 0 Å². The number of non-ortho nitro benzene ring substituents is 1. The van der Waals surface area contributed by atoms with Crippen LogP contribution in [0.2, 0.25) is 0 Å². The number of rotatable bonds is 3. The summed E-state index contributed by atoms with van der Waals surface area (Å²) in [5.41, 5.74) is 1.58. The Morgan fingerprint density at radius 2 is 1.95 bits per heavy atom. The van der Waals surface area contributed by atoms with Crippen molar-refractivity contribution in [1.29, 1.82) is 0 Å². The van der Waals surface area contributed by atoms with Crippen LogP contribution in [0.25, 0.3) is 0 Å². The first-order chi connectivity index (χ1) is 10.6. The van der Waals surface area contributed by atoms with E-state index in [1.807, 2.05) is 30.3 Å². The number of thioether (sulfide) groups is 1. The molecule has 1 aliphatic rings. The third-order valence-corrected chi connectivity index (χ3v) is 5.08. The third kappa shape index (κ3) is 2.86. The maximum absolute atomic E-state index is 12.2. The van der Waals surface area contributed by atoms with Gasteiger partial charge in [0.05, 0.1) is 10.7 Å². The fourth-order valence-electron chi connectivity index (χ4n) is 2.34. The molecular formula is C15H11BrN2O3S. The van der Waals surface area contributed by atoms with Gasteiger partial charge < -0.3 is 0 Å². The zero-order valence-corrected chi connectivity index (χ0v) is 13.7. The van der Waals surface area contributed by atoms with Crippen LogP contribution in [-0.2, 0) is 4.79 Å². The smallest absolute Gasteiger partial charge is 0.269 e. The van der Waals surface area contributed by atoms with Gasteiger partial charge in [-0.3, -0.25) is 19.8 Å². The van der Waals surface area contributed by atoms with E-state index in [2.05, 4.69) is 15.9 Å². The van der Waals surface area contributed by atoms with Gasteiger partial charge in [-0.25, -0.2) is 0 Å². The number of nitrogens with zero attached hydrogens (tertiary/aromatic N) is 2. The van der Waals surface area contributed by atoms with Gasteiger partial charge in [0.2, 0.25) is 5.91 Å². The van der Waals surface area contributed by atoms with Crippen LogP contribution in [0.1, 0.15) is 10.9 Å². The van der Waals surface area contributed by atoms with Crippen LogP contribution >= 0.6 is 27.7 Å². The van der Waals surface area contributed by atoms with E-state index in [1.165, 1.54) is 23.9 Å². The fraction of sp³-hybridized carbons (Fsp3) is 0.133. The minimum atomic E-state index is -0.422. The third-order valence-electron chi connectivity index (χ3n) is 3.34. The van der Waals surface area contributed by atoms with Crippen molar-refractivity contribution in [3.63, 3.8) is 0 Å². The van der Waals surface area contributed by atoms with E-state index < -0.39 is 4.92 Å². The standard InChI is InChI=1S/C15H11BrN2O3S/c16-11-4-6-12(7-5-11)17-14(19)9-22-15(17)10-2-1-3-13(8-10)18(20)21/h1-8,15H,9H2/t15-/m1/s1. The first-order valence-electron chi connectivity index (χ1n) is 6.50. The number of hydrogen-bond donors (Lipinski definition) is 0. The maximum atomic E-state index is 12.2. The van der Waals surface area contributed by atoms with Crippen LogP contribution in [0.5, 0.6) is 0 Å². The number of nitro benzene ring substituents is 1. The van der Waals surface area contributed by atoms with Crippen molar-refractivity contribution < 1.29 is 9.72 Å². The molecule has 5 nitrogen and oxygen atoms in total. The molecule has 1 heterocycles. The summed E-state index contributed by atoms with van der Waals surface area (Å²) in [5, 5.41) is 10.7. The molecule has 1 fully saturated rings. The molecule has 1 saturated heterocycles. The van der Waals surface area contributed by atoms with Crippen molar-refractivity contribution in [3.8, 4) is 0 Å². The zero-order chi connectivity index (χ0) is 15.7. The second kappa shape index (κ2) is 6.10. The molecule has 1 aliphatic heterocycles. The number of amides is 1. The van der Waals surface area contributed by atoms with E-state index in [-0.39, 0.29) is 17.0 Å². The Morgan fingerprint density at radius 1 is 1.23 bits per heavy atom. The zero-order valence-electron chi connectivity index (χ0n) is 11.3. The van der Waals surface area contributed by atoms with Gasteiger partial charge in [0.15, 0.2) is 0 Å². The average molecular weight is 379 g/mol. The highest BCUT2D eigenvalue weighted by molar-refractivity contribution is 9.10. The van der Waals surface area contributed by atoms with Crippen molar-refractivity contribution >= 4 is 45.0 Å². The SMILES string of the molecule is O=C1CS[C@H](c2cccc([N+](=O)[O-])c2)N1c1ccc(Br)cc1. The van der Waals surface area contributed by atoms with Gasteiger partial charge in [-0.1, -0.05) is 28.1 Å². The Labute approximate surface area is 139 Å². The lowest BCUT2D eigenvalue weighted by atomic mass is 10.1. The largest absolute Gasteiger partial charge is 0.295 e. The second-order valence-corrected chi connectivity index (χ2v) is 6.74. The lowest BCUT2D eigenvalue weighted by Crippen LogP contribution is -2.27. The molecule has 0 radical (unpaired) electrons. The van der Waals surface area contributed by atoms with Crippen molar-refractivity contribution in [2.24, 2.45) is 0 Å². The second-order valence-electron chi connectivity index (χ2n) is 4.76. The molecule has 7 heteroatoms. The van der Waals surface area contributed by atoms with Crippen LogP contribution in [0.15, 0.2) is 53.0 Å². The Balaban J connectivity index is 1.98. The molecule has 3 rings (SSSR count). The lowest BCUT2D eigenvalue weighted by Gasteiger charge is -2.24. The maximum Gasteiger partial charge on any atom is 0.269 e. The average Bonchev–Trinajstić information content (AvgIpc) is 2.90. The van der Waals surface area contributed by atoms with Crippen molar-refractivity contribution in [2.45, 2.75) is 5.37 Å². The van der Waals surface area contributed by atoms with E-state index in [1.54, 1.807) is 11.0 Å². The van der Waals surface area contributed by atoms with Gasteiger partial charge in [-0.2, -0.15) is 0 Å². The van der Waals surface area contributed by atoms with Crippen LogP contribution in [0, 0.1) is 10.1 Å². The molecule has 112 valence electrons. The topological polar surface area (TPSA) is 63.4 Å². The number of anilines is 1. The number of hydrogen-bond acceptors (Lipinski definition) is 4. The Bertz CT molecular complexity index is 736. The highest BCUT2D eigenvalue weighted by Gasteiger charge is 2.34. The fourth-order valence-corrected chi connectivity index (χ4v) is 3.77. The number of benzene rings is 2. The predicted molar refractivity (Wildman–Crippen MR) is 89.9 cm³/mol. The summed E-state index contributed by atoms with van der Waals surface area (Å²) in [6.45, 7) is 0. The summed E-state index contributed by atoms with van der Waals surface area (Å²) in [6.07, 6.45) is 0. The summed E-state index contributed by atoms with van der Waals surface area (Å²) in [6, 6.07) is 13.9. The van der Waals surface area contributed by atoms with Gasteiger partial charge in [0, 0.05) is 22.3 Å². The first-order valence-corrected chi connectivity index (χ1v) is 8.34. The molecule has 0 aromatic heterocycles.